The summed E-state index contributed by atoms with van der Waals surface area (Å²) < 4.78 is 0. The van der Waals surface area contributed by atoms with Crippen molar-refractivity contribution in [1.29, 1.82) is 10.7 Å². The fraction of sp³-hybridized carbons (Fsp3) is 0.385. The van der Waals surface area contributed by atoms with Crippen molar-refractivity contribution in [3.05, 3.63) is 28.3 Å². The highest BCUT2D eigenvalue weighted by molar-refractivity contribution is 6.31. The molecule has 1 aromatic rings. The molecule has 0 fully saturated rings. The van der Waals surface area contributed by atoms with E-state index in [2.05, 4.69) is 25.2 Å². The zero-order valence-electron chi connectivity index (χ0n) is 10.0. The Bertz CT molecular complexity index is 447. The highest BCUT2D eigenvalue weighted by Gasteiger charge is 2.09. The summed E-state index contributed by atoms with van der Waals surface area (Å²) in [5.74, 6) is 0.499. The minimum Gasteiger partial charge on any atom is -0.384 e. The molecule has 1 aromatic carbocycles. The second-order valence-electron chi connectivity index (χ2n) is 4.28. The molecule has 4 heteroatoms. The average molecular weight is 250 g/mol. The number of anilines is 1. The van der Waals surface area contributed by atoms with Gasteiger partial charge in [0.15, 0.2) is 0 Å². The molecule has 0 aliphatic rings. The number of nitrogens with zero attached hydrogens (tertiary/aromatic N) is 1. The third kappa shape index (κ3) is 3.76. The zero-order chi connectivity index (χ0) is 12.8. The molecule has 17 heavy (non-hydrogen) atoms. The van der Waals surface area contributed by atoms with E-state index < -0.39 is 0 Å². The van der Waals surface area contributed by atoms with Crippen molar-refractivity contribution in [3.63, 3.8) is 0 Å². The molecular weight excluding hydrogens is 234 g/mol. The van der Waals surface area contributed by atoms with Gasteiger partial charge in [0.05, 0.1) is 12.5 Å². The van der Waals surface area contributed by atoms with Crippen LogP contribution in [0.4, 0.5) is 5.69 Å². The minimum atomic E-state index is 0.293. The van der Waals surface area contributed by atoms with Crippen molar-refractivity contribution < 1.29 is 0 Å². The summed E-state index contributed by atoms with van der Waals surface area (Å²) in [5.41, 5.74) is 2.42. The average Bonchev–Trinajstić information content (AvgIpc) is 2.27. The number of hydrogen-bond donors (Lipinski definition) is 2. The number of nitriles is 1. The van der Waals surface area contributed by atoms with Gasteiger partial charge in [0.2, 0.25) is 0 Å². The van der Waals surface area contributed by atoms with Crippen molar-refractivity contribution in [1.82, 2.24) is 0 Å². The quantitative estimate of drug-likeness (QED) is 0.785. The normalized spacial score (nSPS) is 10.1. The lowest BCUT2D eigenvalue weighted by Gasteiger charge is -2.15. The molecule has 2 N–H and O–H groups in total. The monoisotopic (exact) mass is 249 g/mol. The first-order valence-electron chi connectivity index (χ1n) is 5.52. The van der Waals surface area contributed by atoms with Gasteiger partial charge in [-0.3, -0.25) is 0 Å². The summed E-state index contributed by atoms with van der Waals surface area (Å²) in [6.45, 7) is 5.02. The van der Waals surface area contributed by atoms with Crippen molar-refractivity contribution in [2.75, 3.05) is 11.9 Å². The molecule has 3 nitrogen and oxygen atoms in total. The molecule has 0 bridgehead atoms. The largest absolute Gasteiger partial charge is 0.384 e. The lowest BCUT2D eigenvalue weighted by molar-refractivity contribution is 0.688. The van der Waals surface area contributed by atoms with E-state index in [0.717, 1.165) is 23.4 Å². The molecule has 0 unspecified atom stereocenters. The van der Waals surface area contributed by atoms with E-state index in [9.17, 15) is 0 Å². The van der Waals surface area contributed by atoms with Gasteiger partial charge in [-0.1, -0.05) is 25.4 Å². The molecule has 90 valence electrons. The van der Waals surface area contributed by atoms with E-state index in [0.29, 0.717) is 17.4 Å². The Kier molecular flexibility index (Phi) is 4.99. The Hall–Kier alpha value is -1.53. The molecule has 0 spiro atoms. The van der Waals surface area contributed by atoms with Crippen LogP contribution < -0.4 is 5.32 Å². The third-order valence-electron chi connectivity index (χ3n) is 2.33. The number of benzene rings is 1. The fourth-order valence-corrected chi connectivity index (χ4v) is 1.80. The predicted molar refractivity (Wildman–Crippen MR) is 72.0 cm³/mol. The van der Waals surface area contributed by atoms with Gasteiger partial charge in [-0.05, 0) is 23.6 Å². The zero-order valence-corrected chi connectivity index (χ0v) is 10.8. The van der Waals surface area contributed by atoms with E-state index in [1.54, 1.807) is 12.1 Å². The highest BCUT2D eigenvalue weighted by Crippen LogP contribution is 2.25. The molecule has 0 atom stereocenters. The van der Waals surface area contributed by atoms with Gasteiger partial charge in [-0.15, -0.1) is 0 Å². The summed E-state index contributed by atoms with van der Waals surface area (Å²) in [6, 6.07) is 5.63. The van der Waals surface area contributed by atoms with Crippen LogP contribution in [0.25, 0.3) is 0 Å². The van der Waals surface area contributed by atoms with E-state index in [-0.39, 0.29) is 0 Å². The molecule has 0 saturated carbocycles. The highest BCUT2D eigenvalue weighted by atomic mass is 35.5. The Balaban J connectivity index is 3.12. The van der Waals surface area contributed by atoms with E-state index in [4.69, 9.17) is 22.3 Å². The molecule has 0 amide bonds. The van der Waals surface area contributed by atoms with Crippen LogP contribution in [0.1, 0.15) is 25.0 Å². The third-order valence-corrected chi connectivity index (χ3v) is 2.55. The first-order valence-corrected chi connectivity index (χ1v) is 5.90. The van der Waals surface area contributed by atoms with Gasteiger partial charge >= 0.3 is 0 Å². The van der Waals surface area contributed by atoms with Crippen LogP contribution in [0.2, 0.25) is 5.02 Å². The standard InChI is InChI=1S/C13H16ClN3/c1-9(2)8-17-13-10(3-4-15)5-12(14)6-11(13)7-16/h5-7,9,16-17H,3,8H2,1-2H3. The van der Waals surface area contributed by atoms with Crippen LogP contribution >= 0.6 is 11.6 Å². The number of hydrogen-bond acceptors (Lipinski definition) is 3. The second-order valence-corrected chi connectivity index (χ2v) is 4.72. The summed E-state index contributed by atoms with van der Waals surface area (Å²) in [7, 11) is 0. The summed E-state index contributed by atoms with van der Waals surface area (Å²) in [5, 5.41) is 20.0. The number of halogens is 1. The van der Waals surface area contributed by atoms with Gasteiger partial charge in [-0.2, -0.15) is 5.26 Å². The molecule has 0 aliphatic carbocycles. The minimum absolute atomic E-state index is 0.293. The van der Waals surface area contributed by atoms with Gasteiger partial charge in [-0.25, -0.2) is 0 Å². The van der Waals surface area contributed by atoms with Gasteiger partial charge in [0.25, 0.3) is 0 Å². The van der Waals surface area contributed by atoms with Crippen molar-refractivity contribution in [3.8, 4) is 6.07 Å². The summed E-state index contributed by atoms with van der Waals surface area (Å²) >= 11 is 5.96. The van der Waals surface area contributed by atoms with Gasteiger partial charge in [0, 0.05) is 29.0 Å². The van der Waals surface area contributed by atoms with Crippen LogP contribution in [0.3, 0.4) is 0 Å². The van der Waals surface area contributed by atoms with Gasteiger partial charge < -0.3 is 10.7 Å². The maximum Gasteiger partial charge on any atom is 0.0670 e. The Labute approximate surface area is 107 Å². The SMILES string of the molecule is CC(C)CNc1c(C=N)cc(Cl)cc1CC#N. The molecule has 0 aromatic heterocycles. The van der Waals surface area contributed by atoms with Crippen LogP contribution in [0, 0.1) is 22.7 Å². The maximum absolute atomic E-state index is 8.80. The van der Waals surface area contributed by atoms with Crippen molar-refractivity contribution in [2.24, 2.45) is 5.92 Å². The van der Waals surface area contributed by atoms with Crippen LogP contribution in [0.5, 0.6) is 0 Å². The topological polar surface area (TPSA) is 59.7 Å². The van der Waals surface area contributed by atoms with E-state index >= 15 is 0 Å². The Morgan fingerprint density at radius 3 is 2.76 bits per heavy atom. The van der Waals surface area contributed by atoms with E-state index in [1.807, 2.05) is 0 Å². The first kappa shape index (κ1) is 13.5. The molecule has 0 heterocycles. The van der Waals surface area contributed by atoms with Crippen LogP contribution in [-0.2, 0) is 6.42 Å². The molecule has 0 saturated heterocycles. The van der Waals surface area contributed by atoms with E-state index in [1.165, 1.54) is 6.21 Å². The Morgan fingerprint density at radius 2 is 2.24 bits per heavy atom. The number of rotatable bonds is 5. The maximum atomic E-state index is 8.80. The smallest absolute Gasteiger partial charge is 0.0670 e. The Morgan fingerprint density at radius 1 is 1.53 bits per heavy atom. The van der Waals surface area contributed by atoms with Gasteiger partial charge in [0.1, 0.15) is 0 Å². The lowest BCUT2D eigenvalue weighted by Crippen LogP contribution is -2.11. The molecule has 1 rings (SSSR count). The van der Waals surface area contributed by atoms with Crippen LogP contribution in [0.15, 0.2) is 12.1 Å². The first-order chi connectivity index (χ1) is 8.08. The molecular formula is C13H16ClN3. The summed E-state index contributed by atoms with van der Waals surface area (Å²) in [4.78, 5) is 0. The second kappa shape index (κ2) is 6.27. The number of nitrogens with one attached hydrogen (secondary N) is 2. The molecule has 0 radical (unpaired) electrons. The van der Waals surface area contributed by atoms with Crippen molar-refractivity contribution in [2.45, 2.75) is 20.3 Å². The lowest BCUT2D eigenvalue weighted by atomic mass is 10.0. The summed E-state index contributed by atoms with van der Waals surface area (Å²) in [6.07, 6.45) is 1.55. The van der Waals surface area contributed by atoms with Crippen molar-refractivity contribution >= 4 is 23.5 Å². The fourth-order valence-electron chi connectivity index (χ4n) is 1.55. The van der Waals surface area contributed by atoms with Crippen LogP contribution in [-0.4, -0.2) is 12.8 Å². The molecule has 0 aliphatic heterocycles. The predicted octanol–water partition coefficient (Wildman–Crippen LogP) is 3.47.